The fourth-order valence-corrected chi connectivity index (χ4v) is 1.37. The molecule has 1 heterocycles. The van der Waals surface area contributed by atoms with Gasteiger partial charge < -0.3 is 4.74 Å². The van der Waals surface area contributed by atoms with Gasteiger partial charge in [-0.15, -0.1) is 6.58 Å². The van der Waals surface area contributed by atoms with E-state index in [1.54, 1.807) is 0 Å². The Balaban J connectivity index is 1.93. The van der Waals surface area contributed by atoms with E-state index < -0.39 is 0 Å². The van der Waals surface area contributed by atoms with Gasteiger partial charge >= 0.3 is 0 Å². The number of hydrogen-bond donors (Lipinski definition) is 0. The molecular formula is C11H12O. The van der Waals surface area contributed by atoms with Crippen molar-refractivity contribution in [1.82, 2.24) is 0 Å². The van der Waals surface area contributed by atoms with Crippen molar-refractivity contribution in [2.75, 3.05) is 0 Å². The fraction of sp³-hybridized carbons (Fsp3) is 0.273. The minimum Gasteiger partial charge on any atom is -0.365 e. The average molecular weight is 160 g/mol. The first-order valence-corrected chi connectivity index (χ1v) is 4.22. The Bertz CT molecular complexity index is 266. The average Bonchev–Trinajstić information content (AvgIpc) is 2.85. The van der Waals surface area contributed by atoms with Gasteiger partial charge in [-0.1, -0.05) is 36.4 Å². The molecule has 0 aliphatic carbocycles. The van der Waals surface area contributed by atoms with E-state index in [2.05, 4.69) is 30.8 Å². The number of ether oxygens (including phenoxy) is 1. The van der Waals surface area contributed by atoms with Crippen LogP contribution in [-0.2, 0) is 11.2 Å². The highest BCUT2D eigenvalue weighted by atomic mass is 16.6. The van der Waals surface area contributed by atoms with Crippen molar-refractivity contribution < 1.29 is 4.74 Å². The maximum absolute atomic E-state index is 5.35. The molecular weight excluding hydrogens is 148 g/mol. The minimum atomic E-state index is 0.296. The molecule has 0 saturated carbocycles. The van der Waals surface area contributed by atoms with E-state index in [9.17, 15) is 0 Å². The molecule has 0 N–H and O–H groups in total. The molecule has 12 heavy (non-hydrogen) atoms. The highest BCUT2D eigenvalue weighted by Crippen LogP contribution is 2.26. The van der Waals surface area contributed by atoms with Gasteiger partial charge in [-0.05, 0) is 5.56 Å². The zero-order valence-electron chi connectivity index (χ0n) is 6.94. The van der Waals surface area contributed by atoms with Crippen LogP contribution in [0.3, 0.4) is 0 Å². The Morgan fingerprint density at radius 3 is 2.67 bits per heavy atom. The van der Waals surface area contributed by atoms with Gasteiger partial charge in [0.05, 0.1) is 6.10 Å². The van der Waals surface area contributed by atoms with Gasteiger partial charge in [0.2, 0.25) is 0 Å². The lowest BCUT2D eigenvalue weighted by molar-refractivity contribution is 0.388. The molecule has 1 aliphatic rings. The van der Waals surface area contributed by atoms with Crippen LogP contribution >= 0.6 is 0 Å². The molecule has 0 unspecified atom stereocenters. The van der Waals surface area contributed by atoms with Gasteiger partial charge in [0.25, 0.3) is 0 Å². The molecule has 1 fully saturated rings. The van der Waals surface area contributed by atoms with E-state index in [1.165, 1.54) is 5.56 Å². The van der Waals surface area contributed by atoms with Crippen LogP contribution in [0, 0.1) is 0 Å². The molecule has 0 spiro atoms. The third-order valence-electron chi connectivity index (χ3n) is 2.13. The second-order valence-electron chi connectivity index (χ2n) is 3.06. The van der Waals surface area contributed by atoms with Crippen LogP contribution in [0.15, 0.2) is 43.0 Å². The van der Waals surface area contributed by atoms with Gasteiger partial charge in [-0.3, -0.25) is 0 Å². The fourth-order valence-electron chi connectivity index (χ4n) is 1.37. The van der Waals surface area contributed by atoms with Gasteiger partial charge in [-0.2, -0.15) is 0 Å². The molecule has 62 valence electrons. The van der Waals surface area contributed by atoms with Crippen LogP contribution in [-0.4, -0.2) is 12.2 Å². The van der Waals surface area contributed by atoms with Crippen molar-refractivity contribution in [2.45, 2.75) is 18.6 Å². The number of rotatable bonds is 3. The molecule has 1 heteroatoms. The first kappa shape index (κ1) is 7.56. The van der Waals surface area contributed by atoms with Crippen molar-refractivity contribution >= 4 is 0 Å². The summed E-state index contributed by atoms with van der Waals surface area (Å²) in [6, 6.07) is 10.4. The quantitative estimate of drug-likeness (QED) is 0.487. The predicted octanol–water partition coefficient (Wildman–Crippen LogP) is 2.18. The monoisotopic (exact) mass is 160 g/mol. The molecule has 1 nitrogen and oxygen atoms in total. The summed E-state index contributed by atoms with van der Waals surface area (Å²) in [7, 11) is 0. The van der Waals surface area contributed by atoms with Crippen molar-refractivity contribution in [3.05, 3.63) is 48.6 Å². The molecule has 1 aromatic carbocycles. The lowest BCUT2D eigenvalue weighted by Gasteiger charge is -1.94. The van der Waals surface area contributed by atoms with Gasteiger partial charge in [-0.25, -0.2) is 0 Å². The molecule has 0 bridgehead atoms. The summed E-state index contributed by atoms with van der Waals surface area (Å²) < 4.78 is 5.35. The molecule has 0 amide bonds. The second-order valence-corrected chi connectivity index (χ2v) is 3.06. The molecule has 1 aromatic rings. The number of hydrogen-bond acceptors (Lipinski definition) is 1. The first-order chi connectivity index (χ1) is 5.90. The minimum absolute atomic E-state index is 0.296. The van der Waals surface area contributed by atoms with E-state index in [4.69, 9.17) is 4.74 Å². The lowest BCUT2D eigenvalue weighted by atomic mass is 10.1. The van der Waals surface area contributed by atoms with E-state index >= 15 is 0 Å². The zero-order valence-corrected chi connectivity index (χ0v) is 6.94. The molecule has 1 saturated heterocycles. The summed E-state index contributed by atoms with van der Waals surface area (Å²) in [5, 5.41) is 0. The summed E-state index contributed by atoms with van der Waals surface area (Å²) in [6.07, 6.45) is 3.56. The predicted molar refractivity (Wildman–Crippen MR) is 49.0 cm³/mol. The zero-order chi connectivity index (χ0) is 8.39. The number of epoxide rings is 1. The summed E-state index contributed by atoms with van der Waals surface area (Å²) in [5.41, 5.74) is 1.34. The highest BCUT2D eigenvalue weighted by molar-refractivity contribution is 5.18. The van der Waals surface area contributed by atoms with Crippen LogP contribution in [0.2, 0.25) is 0 Å². The summed E-state index contributed by atoms with van der Waals surface area (Å²) in [5.74, 6) is 0. The Morgan fingerprint density at radius 1 is 1.33 bits per heavy atom. The smallest absolute Gasteiger partial charge is 0.102 e. The SMILES string of the molecule is C=C[C@H]1O[C@H]1Cc1ccccc1. The van der Waals surface area contributed by atoms with Crippen molar-refractivity contribution in [3.63, 3.8) is 0 Å². The standard InChI is InChI=1S/C11H12O/c1-2-10-11(12-10)8-9-6-4-3-5-7-9/h2-7,10-11H,1,8H2/t10-,11+/m1/s1. The Hall–Kier alpha value is -1.08. The van der Waals surface area contributed by atoms with E-state index in [-0.39, 0.29) is 0 Å². The van der Waals surface area contributed by atoms with Crippen LogP contribution < -0.4 is 0 Å². The summed E-state index contributed by atoms with van der Waals surface area (Å²) in [6.45, 7) is 3.69. The van der Waals surface area contributed by atoms with Crippen molar-refractivity contribution in [2.24, 2.45) is 0 Å². The van der Waals surface area contributed by atoms with Gasteiger partial charge in [0.15, 0.2) is 0 Å². The third kappa shape index (κ3) is 1.56. The first-order valence-electron chi connectivity index (χ1n) is 4.22. The normalized spacial score (nSPS) is 26.7. The van der Waals surface area contributed by atoms with Crippen molar-refractivity contribution in [3.8, 4) is 0 Å². The molecule has 1 aliphatic heterocycles. The molecule has 2 rings (SSSR count). The van der Waals surface area contributed by atoms with Crippen molar-refractivity contribution in [1.29, 1.82) is 0 Å². The Labute approximate surface area is 72.7 Å². The van der Waals surface area contributed by atoms with Crippen LogP contribution in [0.25, 0.3) is 0 Å². The lowest BCUT2D eigenvalue weighted by Crippen LogP contribution is -1.95. The van der Waals surface area contributed by atoms with E-state index in [0.29, 0.717) is 12.2 Å². The van der Waals surface area contributed by atoms with Crippen LogP contribution in [0.4, 0.5) is 0 Å². The van der Waals surface area contributed by atoms with Crippen LogP contribution in [0.1, 0.15) is 5.56 Å². The maximum Gasteiger partial charge on any atom is 0.102 e. The Kier molecular flexibility index (Phi) is 1.96. The second kappa shape index (κ2) is 3.11. The topological polar surface area (TPSA) is 12.5 Å². The van der Waals surface area contributed by atoms with Gasteiger partial charge in [0.1, 0.15) is 6.10 Å². The van der Waals surface area contributed by atoms with Gasteiger partial charge in [0, 0.05) is 6.42 Å². The molecule has 0 aromatic heterocycles. The largest absolute Gasteiger partial charge is 0.365 e. The highest BCUT2D eigenvalue weighted by Gasteiger charge is 2.35. The number of benzene rings is 1. The van der Waals surface area contributed by atoms with Crippen LogP contribution in [0.5, 0.6) is 0 Å². The summed E-state index contributed by atoms with van der Waals surface area (Å²) in [4.78, 5) is 0. The summed E-state index contributed by atoms with van der Waals surface area (Å²) >= 11 is 0. The maximum atomic E-state index is 5.35. The van der Waals surface area contributed by atoms with E-state index in [1.807, 2.05) is 12.1 Å². The molecule has 0 radical (unpaired) electrons. The third-order valence-corrected chi connectivity index (χ3v) is 2.13. The molecule has 2 atom stereocenters. The Morgan fingerprint density at radius 2 is 2.08 bits per heavy atom. The van der Waals surface area contributed by atoms with E-state index in [0.717, 1.165) is 6.42 Å².